The van der Waals surface area contributed by atoms with Crippen molar-refractivity contribution < 1.29 is 4.79 Å². The van der Waals surface area contributed by atoms with Crippen LogP contribution in [0.1, 0.15) is 16.1 Å². The standard InChI is InChI=1S/C11H16N2OS/c1-12(2)9-5-6-13(8-9)11(14)10-4-3-7-15-10/h3-4,7,9H,5-6,8H2,1-2H3. The van der Waals surface area contributed by atoms with Crippen LogP contribution < -0.4 is 0 Å². The summed E-state index contributed by atoms with van der Waals surface area (Å²) >= 11 is 1.52. The molecule has 0 radical (unpaired) electrons. The molecule has 1 saturated heterocycles. The summed E-state index contributed by atoms with van der Waals surface area (Å²) in [6, 6.07) is 4.35. The molecule has 1 aromatic rings. The number of nitrogens with zero attached hydrogens (tertiary/aromatic N) is 2. The van der Waals surface area contributed by atoms with Gasteiger partial charge in [-0.2, -0.15) is 0 Å². The van der Waals surface area contributed by atoms with Crippen molar-refractivity contribution in [1.29, 1.82) is 0 Å². The van der Waals surface area contributed by atoms with E-state index >= 15 is 0 Å². The first-order valence-corrected chi connectivity index (χ1v) is 6.05. The van der Waals surface area contributed by atoms with Crippen molar-refractivity contribution in [2.75, 3.05) is 27.2 Å². The normalized spacial score (nSPS) is 21.3. The predicted octanol–water partition coefficient (Wildman–Crippen LogP) is 1.52. The van der Waals surface area contributed by atoms with E-state index in [0.29, 0.717) is 6.04 Å². The number of carbonyl (C=O) groups excluding carboxylic acids is 1. The van der Waals surface area contributed by atoms with Crippen molar-refractivity contribution in [2.45, 2.75) is 12.5 Å². The van der Waals surface area contributed by atoms with Crippen molar-refractivity contribution in [3.05, 3.63) is 22.4 Å². The van der Waals surface area contributed by atoms with Crippen LogP contribution in [0.3, 0.4) is 0 Å². The summed E-state index contributed by atoms with van der Waals surface area (Å²) in [7, 11) is 4.15. The van der Waals surface area contributed by atoms with E-state index in [-0.39, 0.29) is 5.91 Å². The Labute approximate surface area is 94.3 Å². The lowest BCUT2D eigenvalue weighted by Gasteiger charge is -2.19. The molecule has 3 nitrogen and oxygen atoms in total. The number of thiophene rings is 1. The van der Waals surface area contributed by atoms with Crippen LogP contribution in [-0.2, 0) is 0 Å². The molecule has 0 aromatic carbocycles. The number of hydrogen-bond donors (Lipinski definition) is 0. The Morgan fingerprint density at radius 2 is 2.40 bits per heavy atom. The Balaban J connectivity index is 1.99. The third-order valence-corrected chi connectivity index (χ3v) is 3.77. The van der Waals surface area contributed by atoms with Crippen LogP contribution in [0.5, 0.6) is 0 Å². The second kappa shape index (κ2) is 4.33. The maximum Gasteiger partial charge on any atom is 0.263 e. The molecule has 1 fully saturated rings. The van der Waals surface area contributed by atoms with Gasteiger partial charge in [0.1, 0.15) is 0 Å². The van der Waals surface area contributed by atoms with Gasteiger partial charge < -0.3 is 9.80 Å². The van der Waals surface area contributed by atoms with Gasteiger partial charge >= 0.3 is 0 Å². The van der Waals surface area contributed by atoms with E-state index < -0.39 is 0 Å². The van der Waals surface area contributed by atoms with Crippen LogP contribution in [0.25, 0.3) is 0 Å². The van der Waals surface area contributed by atoms with Crippen LogP contribution in [0.4, 0.5) is 0 Å². The third-order valence-electron chi connectivity index (χ3n) is 2.91. The summed E-state index contributed by atoms with van der Waals surface area (Å²) in [5.41, 5.74) is 0. The van der Waals surface area contributed by atoms with Crippen molar-refractivity contribution in [3.8, 4) is 0 Å². The number of likely N-dealkylation sites (N-methyl/N-ethyl adjacent to an activating group) is 1. The summed E-state index contributed by atoms with van der Waals surface area (Å²) in [5, 5.41) is 1.95. The van der Waals surface area contributed by atoms with Crippen LogP contribution >= 0.6 is 11.3 Å². The fourth-order valence-electron chi connectivity index (χ4n) is 1.90. The molecule has 1 atom stereocenters. The molecule has 15 heavy (non-hydrogen) atoms. The van der Waals surface area contributed by atoms with E-state index in [4.69, 9.17) is 0 Å². The Bertz CT molecular complexity index is 334. The van der Waals surface area contributed by atoms with Gasteiger partial charge in [-0.3, -0.25) is 4.79 Å². The molecular formula is C11H16N2OS. The van der Waals surface area contributed by atoms with Gasteiger partial charge in [0.15, 0.2) is 0 Å². The number of likely N-dealkylation sites (tertiary alicyclic amines) is 1. The Morgan fingerprint density at radius 1 is 1.60 bits per heavy atom. The van der Waals surface area contributed by atoms with Gasteiger partial charge in [0.2, 0.25) is 0 Å². The molecule has 1 unspecified atom stereocenters. The Hall–Kier alpha value is -0.870. The van der Waals surface area contributed by atoms with Gasteiger partial charge in [0.25, 0.3) is 5.91 Å². The smallest absolute Gasteiger partial charge is 0.263 e. The average Bonchev–Trinajstić information content (AvgIpc) is 2.88. The quantitative estimate of drug-likeness (QED) is 0.760. The minimum atomic E-state index is 0.189. The Kier molecular flexibility index (Phi) is 3.07. The molecule has 0 saturated carbocycles. The number of amides is 1. The monoisotopic (exact) mass is 224 g/mol. The van der Waals surface area contributed by atoms with Gasteiger partial charge in [-0.25, -0.2) is 0 Å². The van der Waals surface area contributed by atoms with Crippen molar-refractivity contribution in [3.63, 3.8) is 0 Å². The van der Waals surface area contributed by atoms with E-state index in [1.807, 2.05) is 22.4 Å². The number of carbonyl (C=O) groups is 1. The molecule has 1 aliphatic rings. The number of rotatable bonds is 2. The average molecular weight is 224 g/mol. The minimum absolute atomic E-state index is 0.189. The van der Waals surface area contributed by atoms with E-state index in [9.17, 15) is 4.79 Å². The lowest BCUT2D eigenvalue weighted by molar-refractivity contribution is 0.0788. The molecule has 2 heterocycles. The van der Waals surface area contributed by atoms with Crippen LogP contribution in [0.15, 0.2) is 17.5 Å². The van der Waals surface area contributed by atoms with Gasteiger partial charge in [0, 0.05) is 19.1 Å². The fraction of sp³-hybridized carbons (Fsp3) is 0.545. The van der Waals surface area contributed by atoms with E-state index in [0.717, 1.165) is 24.4 Å². The molecule has 0 N–H and O–H groups in total. The summed E-state index contributed by atoms with van der Waals surface area (Å²) < 4.78 is 0. The maximum atomic E-state index is 12.0. The highest BCUT2D eigenvalue weighted by atomic mass is 32.1. The zero-order chi connectivity index (χ0) is 10.8. The van der Waals surface area contributed by atoms with Gasteiger partial charge in [-0.05, 0) is 32.0 Å². The Morgan fingerprint density at radius 3 is 2.93 bits per heavy atom. The summed E-state index contributed by atoms with van der Waals surface area (Å²) in [4.78, 5) is 17.0. The first kappa shape index (κ1) is 10.6. The molecule has 82 valence electrons. The number of hydrogen-bond acceptors (Lipinski definition) is 3. The van der Waals surface area contributed by atoms with Crippen molar-refractivity contribution in [2.24, 2.45) is 0 Å². The van der Waals surface area contributed by atoms with Gasteiger partial charge in [-0.15, -0.1) is 11.3 Å². The minimum Gasteiger partial charge on any atom is -0.336 e. The zero-order valence-electron chi connectivity index (χ0n) is 9.14. The highest BCUT2D eigenvalue weighted by molar-refractivity contribution is 7.12. The first-order chi connectivity index (χ1) is 7.18. The highest BCUT2D eigenvalue weighted by Crippen LogP contribution is 2.18. The molecule has 0 aliphatic carbocycles. The molecular weight excluding hydrogens is 208 g/mol. The molecule has 2 rings (SSSR count). The van der Waals surface area contributed by atoms with Crippen molar-refractivity contribution >= 4 is 17.2 Å². The second-order valence-electron chi connectivity index (χ2n) is 4.13. The predicted molar refractivity (Wildman–Crippen MR) is 62.3 cm³/mol. The molecule has 1 amide bonds. The lowest BCUT2D eigenvalue weighted by Crippen LogP contribution is -2.34. The molecule has 4 heteroatoms. The zero-order valence-corrected chi connectivity index (χ0v) is 9.96. The first-order valence-electron chi connectivity index (χ1n) is 5.17. The van der Waals surface area contributed by atoms with Crippen LogP contribution in [0.2, 0.25) is 0 Å². The largest absolute Gasteiger partial charge is 0.336 e. The molecule has 1 aliphatic heterocycles. The lowest BCUT2D eigenvalue weighted by atomic mass is 10.2. The maximum absolute atomic E-state index is 12.0. The fourth-order valence-corrected chi connectivity index (χ4v) is 2.59. The van der Waals surface area contributed by atoms with Gasteiger partial charge in [0.05, 0.1) is 4.88 Å². The SMILES string of the molecule is CN(C)C1CCN(C(=O)c2cccs2)C1. The summed E-state index contributed by atoms with van der Waals surface area (Å²) in [6.45, 7) is 1.75. The molecule has 0 bridgehead atoms. The highest BCUT2D eigenvalue weighted by Gasteiger charge is 2.28. The van der Waals surface area contributed by atoms with Gasteiger partial charge in [-0.1, -0.05) is 6.07 Å². The molecule has 1 aromatic heterocycles. The summed E-state index contributed by atoms with van der Waals surface area (Å²) in [6.07, 6.45) is 1.09. The van der Waals surface area contributed by atoms with E-state index in [1.54, 1.807) is 0 Å². The van der Waals surface area contributed by atoms with Crippen molar-refractivity contribution in [1.82, 2.24) is 9.80 Å². The third kappa shape index (κ3) is 2.21. The molecule has 0 spiro atoms. The van der Waals surface area contributed by atoms with Crippen LogP contribution in [-0.4, -0.2) is 48.9 Å². The topological polar surface area (TPSA) is 23.6 Å². The van der Waals surface area contributed by atoms with E-state index in [1.165, 1.54) is 11.3 Å². The van der Waals surface area contributed by atoms with Crippen LogP contribution in [0, 0.1) is 0 Å². The summed E-state index contributed by atoms with van der Waals surface area (Å²) in [5.74, 6) is 0.189. The van der Waals surface area contributed by atoms with E-state index in [2.05, 4.69) is 19.0 Å². The second-order valence-corrected chi connectivity index (χ2v) is 5.08.